The molecular formula is C18H30N2O3. The second-order valence-electron chi connectivity index (χ2n) is 6.66. The van der Waals surface area contributed by atoms with Crippen LogP contribution < -0.4 is 5.32 Å². The summed E-state index contributed by atoms with van der Waals surface area (Å²) in [6.07, 6.45) is -0.363. The van der Waals surface area contributed by atoms with Gasteiger partial charge in [0.15, 0.2) is 0 Å². The van der Waals surface area contributed by atoms with E-state index in [4.69, 9.17) is 4.74 Å². The zero-order valence-corrected chi connectivity index (χ0v) is 14.4. The quantitative estimate of drug-likeness (QED) is 0.656. The highest BCUT2D eigenvalue weighted by Gasteiger charge is 2.44. The lowest BCUT2D eigenvalue weighted by atomic mass is 10.0. The van der Waals surface area contributed by atoms with Gasteiger partial charge in [0.1, 0.15) is 12.2 Å². The molecule has 0 spiro atoms. The summed E-state index contributed by atoms with van der Waals surface area (Å²) in [4.78, 5) is 2.15. The van der Waals surface area contributed by atoms with Gasteiger partial charge in [-0.3, -0.25) is 4.90 Å². The molecule has 1 fully saturated rings. The van der Waals surface area contributed by atoms with Gasteiger partial charge in [-0.1, -0.05) is 44.2 Å². The molecule has 0 radical (unpaired) electrons. The highest BCUT2D eigenvalue weighted by atomic mass is 16.5. The summed E-state index contributed by atoms with van der Waals surface area (Å²) in [7, 11) is 2.02. The molecule has 0 aliphatic carbocycles. The molecule has 130 valence electrons. The van der Waals surface area contributed by atoms with Crippen molar-refractivity contribution in [1.82, 2.24) is 10.2 Å². The third kappa shape index (κ3) is 4.99. The summed E-state index contributed by atoms with van der Waals surface area (Å²) in [5.41, 5.74) is 1.28. The SMILES string of the molecule is CC(C)NC[C@@H]1O[C@@H](CO)[C@@H](O)[C@H]1N(C)CCc1ccccc1. The third-order valence-electron chi connectivity index (χ3n) is 4.47. The standard InChI is InChI=1S/C18H30N2O3/c1-13(2)19-11-15-17(18(22)16(12-21)23-15)20(3)10-9-14-7-5-4-6-8-14/h4-8,13,15-19,21-22H,9-12H2,1-3H3/t15-,16-,17-,18+/m0/s1. The maximum absolute atomic E-state index is 10.5. The molecule has 0 bridgehead atoms. The highest BCUT2D eigenvalue weighted by Crippen LogP contribution is 2.25. The van der Waals surface area contributed by atoms with Crippen molar-refractivity contribution >= 4 is 0 Å². The van der Waals surface area contributed by atoms with E-state index in [2.05, 4.69) is 36.2 Å². The largest absolute Gasteiger partial charge is 0.394 e. The molecule has 1 aliphatic rings. The molecule has 4 atom stereocenters. The zero-order chi connectivity index (χ0) is 16.8. The molecule has 1 aromatic carbocycles. The summed E-state index contributed by atoms with van der Waals surface area (Å²) >= 11 is 0. The van der Waals surface area contributed by atoms with E-state index < -0.39 is 12.2 Å². The molecule has 3 N–H and O–H groups in total. The first-order chi connectivity index (χ1) is 11.0. The topological polar surface area (TPSA) is 65.0 Å². The van der Waals surface area contributed by atoms with Crippen LogP contribution in [0.4, 0.5) is 0 Å². The number of nitrogens with zero attached hydrogens (tertiary/aromatic N) is 1. The lowest BCUT2D eigenvalue weighted by Gasteiger charge is -2.31. The van der Waals surface area contributed by atoms with Gasteiger partial charge in [-0.15, -0.1) is 0 Å². The Balaban J connectivity index is 1.96. The van der Waals surface area contributed by atoms with Crippen molar-refractivity contribution < 1.29 is 14.9 Å². The Morgan fingerprint density at radius 2 is 1.91 bits per heavy atom. The maximum atomic E-state index is 10.5. The van der Waals surface area contributed by atoms with E-state index in [1.165, 1.54) is 5.56 Å². The molecule has 5 nitrogen and oxygen atoms in total. The van der Waals surface area contributed by atoms with Gasteiger partial charge >= 0.3 is 0 Å². The number of ether oxygens (including phenoxy) is 1. The fourth-order valence-corrected chi connectivity index (χ4v) is 3.14. The highest BCUT2D eigenvalue weighted by molar-refractivity contribution is 5.15. The van der Waals surface area contributed by atoms with Crippen molar-refractivity contribution in [2.24, 2.45) is 0 Å². The molecule has 5 heteroatoms. The van der Waals surface area contributed by atoms with Crippen molar-refractivity contribution in [3.05, 3.63) is 35.9 Å². The Kier molecular flexibility index (Phi) is 6.99. The van der Waals surface area contributed by atoms with Gasteiger partial charge in [-0.25, -0.2) is 0 Å². The number of aliphatic hydroxyl groups excluding tert-OH is 2. The van der Waals surface area contributed by atoms with Gasteiger partial charge in [0.25, 0.3) is 0 Å². The Bertz CT molecular complexity index is 455. The monoisotopic (exact) mass is 322 g/mol. The van der Waals surface area contributed by atoms with Gasteiger partial charge in [-0.05, 0) is 19.0 Å². The van der Waals surface area contributed by atoms with Crippen LogP contribution in [0.15, 0.2) is 30.3 Å². The Labute approximate surface area is 139 Å². The van der Waals surface area contributed by atoms with Crippen LogP contribution in [0.25, 0.3) is 0 Å². The summed E-state index contributed by atoms with van der Waals surface area (Å²) in [5, 5.41) is 23.3. The number of rotatable bonds is 8. The molecule has 1 heterocycles. The van der Waals surface area contributed by atoms with Crippen LogP contribution >= 0.6 is 0 Å². The fourth-order valence-electron chi connectivity index (χ4n) is 3.14. The van der Waals surface area contributed by atoms with E-state index >= 15 is 0 Å². The first kappa shape index (κ1) is 18.4. The van der Waals surface area contributed by atoms with Gasteiger partial charge < -0.3 is 20.3 Å². The van der Waals surface area contributed by atoms with Crippen LogP contribution in [0.5, 0.6) is 0 Å². The lowest BCUT2D eigenvalue weighted by Crippen LogP contribution is -2.50. The number of benzene rings is 1. The molecule has 1 aromatic rings. The molecule has 0 unspecified atom stereocenters. The average molecular weight is 322 g/mol. The number of aliphatic hydroxyl groups is 2. The van der Waals surface area contributed by atoms with Gasteiger partial charge in [0.2, 0.25) is 0 Å². The molecule has 0 saturated carbocycles. The van der Waals surface area contributed by atoms with E-state index in [-0.39, 0.29) is 18.8 Å². The smallest absolute Gasteiger partial charge is 0.109 e. The Hall–Kier alpha value is -0.980. The van der Waals surface area contributed by atoms with E-state index in [1.54, 1.807) is 0 Å². The number of hydrogen-bond donors (Lipinski definition) is 3. The summed E-state index contributed by atoms with van der Waals surface area (Å²) in [5.74, 6) is 0. The zero-order valence-electron chi connectivity index (χ0n) is 14.4. The number of likely N-dealkylation sites (N-methyl/N-ethyl adjacent to an activating group) is 1. The molecule has 2 rings (SSSR count). The van der Waals surface area contributed by atoms with Crippen molar-refractivity contribution in [2.45, 2.75) is 50.7 Å². The average Bonchev–Trinajstić information content (AvgIpc) is 2.87. The van der Waals surface area contributed by atoms with E-state index in [9.17, 15) is 10.2 Å². The first-order valence-electron chi connectivity index (χ1n) is 8.45. The summed E-state index contributed by atoms with van der Waals surface area (Å²) < 4.78 is 5.85. The van der Waals surface area contributed by atoms with E-state index in [1.807, 2.05) is 25.2 Å². The van der Waals surface area contributed by atoms with Crippen LogP contribution in [0.2, 0.25) is 0 Å². The molecule has 23 heavy (non-hydrogen) atoms. The van der Waals surface area contributed by atoms with Crippen LogP contribution in [0.3, 0.4) is 0 Å². The van der Waals surface area contributed by atoms with Crippen molar-refractivity contribution in [3.63, 3.8) is 0 Å². The van der Waals surface area contributed by atoms with Gasteiger partial charge in [0, 0.05) is 19.1 Å². The molecular weight excluding hydrogens is 292 g/mol. The lowest BCUT2D eigenvalue weighted by molar-refractivity contribution is -0.0216. The second-order valence-corrected chi connectivity index (χ2v) is 6.66. The minimum absolute atomic E-state index is 0.109. The third-order valence-corrected chi connectivity index (χ3v) is 4.47. The molecule has 0 amide bonds. The summed E-state index contributed by atoms with van der Waals surface area (Å²) in [6.45, 7) is 5.53. The van der Waals surface area contributed by atoms with E-state index in [0.717, 1.165) is 13.0 Å². The van der Waals surface area contributed by atoms with Crippen LogP contribution in [-0.2, 0) is 11.2 Å². The molecule has 1 saturated heterocycles. The fraction of sp³-hybridized carbons (Fsp3) is 0.667. The van der Waals surface area contributed by atoms with Crippen molar-refractivity contribution in [3.8, 4) is 0 Å². The summed E-state index contributed by atoms with van der Waals surface area (Å²) in [6, 6.07) is 10.6. The Morgan fingerprint density at radius 3 is 2.52 bits per heavy atom. The van der Waals surface area contributed by atoms with Gasteiger partial charge in [0.05, 0.1) is 18.8 Å². The maximum Gasteiger partial charge on any atom is 0.109 e. The van der Waals surface area contributed by atoms with Crippen molar-refractivity contribution in [1.29, 1.82) is 0 Å². The van der Waals surface area contributed by atoms with Crippen LogP contribution in [0.1, 0.15) is 19.4 Å². The minimum Gasteiger partial charge on any atom is -0.394 e. The van der Waals surface area contributed by atoms with Crippen LogP contribution in [-0.4, -0.2) is 72.3 Å². The number of nitrogens with one attached hydrogen (secondary N) is 1. The second kappa shape index (κ2) is 8.76. The van der Waals surface area contributed by atoms with Crippen LogP contribution in [0, 0.1) is 0 Å². The van der Waals surface area contributed by atoms with E-state index in [0.29, 0.717) is 12.6 Å². The predicted octanol–water partition coefficient (Wildman–Crippen LogP) is 0.648. The molecule has 1 aliphatic heterocycles. The predicted molar refractivity (Wildman–Crippen MR) is 91.5 cm³/mol. The van der Waals surface area contributed by atoms with Gasteiger partial charge in [-0.2, -0.15) is 0 Å². The number of hydrogen-bond acceptors (Lipinski definition) is 5. The molecule has 0 aromatic heterocycles. The minimum atomic E-state index is -0.667. The Morgan fingerprint density at radius 1 is 1.22 bits per heavy atom. The van der Waals surface area contributed by atoms with Crippen molar-refractivity contribution in [2.75, 3.05) is 26.7 Å². The first-order valence-corrected chi connectivity index (χ1v) is 8.45. The normalized spacial score (nSPS) is 28.0.